The van der Waals surface area contributed by atoms with Crippen LogP contribution in [0.2, 0.25) is 0 Å². The van der Waals surface area contributed by atoms with Gasteiger partial charge in [0.15, 0.2) is 11.8 Å². The van der Waals surface area contributed by atoms with Gasteiger partial charge in [-0.15, -0.1) is 0 Å². The van der Waals surface area contributed by atoms with Crippen molar-refractivity contribution in [2.75, 3.05) is 14.2 Å². The van der Waals surface area contributed by atoms with Crippen LogP contribution in [0.3, 0.4) is 0 Å². The van der Waals surface area contributed by atoms with E-state index >= 15 is 0 Å². The van der Waals surface area contributed by atoms with Crippen molar-refractivity contribution in [2.45, 2.75) is 26.8 Å². The quantitative estimate of drug-likeness (QED) is 0.414. The molecule has 164 valence electrons. The van der Waals surface area contributed by atoms with Crippen LogP contribution in [0.25, 0.3) is 0 Å². The number of rotatable bonds is 4. The third-order valence-corrected chi connectivity index (χ3v) is 8.18. The Bertz CT molecular complexity index is 1120. The lowest BCUT2D eigenvalue weighted by Crippen LogP contribution is -2.44. The highest BCUT2D eigenvalue weighted by Crippen LogP contribution is 2.49. The van der Waals surface area contributed by atoms with Gasteiger partial charge in [-0.05, 0) is 54.4 Å². The molecule has 1 aromatic rings. The fourth-order valence-electron chi connectivity index (χ4n) is 3.34. The average molecular weight is 573 g/mol. The third kappa shape index (κ3) is 3.85. The second-order valence-electron chi connectivity index (χ2n) is 6.87. The molecule has 0 radical (unpaired) electrons. The highest BCUT2D eigenvalue weighted by Gasteiger charge is 2.45. The lowest BCUT2D eigenvalue weighted by atomic mass is 9.93. The first-order chi connectivity index (χ1) is 14.5. The monoisotopic (exact) mass is 571 g/mol. The van der Waals surface area contributed by atoms with Gasteiger partial charge in [-0.25, -0.2) is 9.59 Å². The molecule has 0 spiro atoms. The SMILES string of the molecule is COC(=O)C1=CC(C(=O)c2cc(Br)c(C)c(Br)c2O)=C2SC(C)=C(C)N2C1C(=O)OC. The van der Waals surface area contributed by atoms with Gasteiger partial charge in [-0.1, -0.05) is 27.7 Å². The van der Waals surface area contributed by atoms with E-state index in [4.69, 9.17) is 9.47 Å². The van der Waals surface area contributed by atoms with Crippen LogP contribution in [0, 0.1) is 6.92 Å². The molecule has 2 aliphatic rings. The van der Waals surface area contributed by atoms with Crippen LogP contribution in [0.15, 0.2) is 47.9 Å². The first kappa shape index (κ1) is 23.6. The number of ketones is 1. The lowest BCUT2D eigenvalue weighted by molar-refractivity contribution is -0.147. The van der Waals surface area contributed by atoms with Crippen LogP contribution in [-0.2, 0) is 19.1 Å². The van der Waals surface area contributed by atoms with Crippen LogP contribution in [0.1, 0.15) is 29.8 Å². The topological polar surface area (TPSA) is 93.1 Å². The molecule has 3 rings (SSSR count). The number of fused-ring (bicyclic) bond motifs is 1. The Morgan fingerprint density at radius 3 is 2.35 bits per heavy atom. The molecule has 1 unspecified atom stereocenters. The van der Waals surface area contributed by atoms with Crippen molar-refractivity contribution in [1.82, 2.24) is 4.90 Å². The van der Waals surface area contributed by atoms with E-state index in [9.17, 15) is 19.5 Å². The van der Waals surface area contributed by atoms with Crippen molar-refractivity contribution in [3.8, 4) is 5.75 Å². The second kappa shape index (κ2) is 8.84. The Labute approximate surface area is 200 Å². The van der Waals surface area contributed by atoms with Gasteiger partial charge in [0.25, 0.3) is 0 Å². The summed E-state index contributed by atoms with van der Waals surface area (Å²) >= 11 is 8.02. The summed E-state index contributed by atoms with van der Waals surface area (Å²) < 4.78 is 10.8. The first-order valence-corrected chi connectivity index (χ1v) is 11.4. The van der Waals surface area contributed by atoms with Crippen LogP contribution in [0.4, 0.5) is 0 Å². The molecular weight excluding hydrogens is 554 g/mol. The van der Waals surface area contributed by atoms with E-state index in [1.165, 1.54) is 38.1 Å². The summed E-state index contributed by atoms with van der Waals surface area (Å²) in [4.78, 5) is 41.2. The van der Waals surface area contributed by atoms with Crippen LogP contribution in [0.5, 0.6) is 5.75 Å². The Morgan fingerprint density at radius 2 is 1.77 bits per heavy atom. The van der Waals surface area contributed by atoms with E-state index in [0.717, 1.165) is 10.5 Å². The summed E-state index contributed by atoms with van der Waals surface area (Å²) in [6, 6.07) is 0.444. The predicted molar refractivity (Wildman–Crippen MR) is 123 cm³/mol. The average Bonchev–Trinajstić information content (AvgIpc) is 3.06. The number of phenolic OH excluding ortho intramolecular Hbond substituents is 1. The number of Topliss-reactive ketones (excluding diaryl/α,β-unsaturated/α-hetero) is 1. The molecule has 1 N–H and O–H groups in total. The molecule has 2 aliphatic heterocycles. The van der Waals surface area contributed by atoms with Gasteiger partial charge < -0.3 is 19.5 Å². The molecule has 0 amide bonds. The minimum absolute atomic E-state index is 0.0270. The normalized spacial score (nSPS) is 18.1. The number of esters is 2. The van der Waals surface area contributed by atoms with E-state index in [2.05, 4.69) is 31.9 Å². The summed E-state index contributed by atoms with van der Waals surface area (Å²) in [6.07, 6.45) is 1.35. The number of thioether (sulfide) groups is 1. The maximum atomic E-state index is 13.6. The molecule has 0 saturated carbocycles. The molecule has 0 saturated heterocycles. The van der Waals surface area contributed by atoms with E-state index < -0.39 is 23.8 Å². The summed E-state index contributed by atoms with van der Waals surface area (Å²) in [5, 5.41) is 11.1. The number of hydrogen-bond acceptors (Lipinski definition) is 8. The number of ether oxygens (including phenoxy) is 2. The maximum absolute atomic E-state index is 13.6. The van der Waals surface area contributed by atoms with Crippen molar-refractivity contribution < 1.29 is 29.0 Å². The van der Waals surface area contributed by atoms with E-state index in [1.807, 2.05) is 6.92 Å². The van der Waals surface area contributed by atoms with Crippen molar-refractivity contribution >= 4 is 61.3 Å². The van der Waals surface area contributed by atoms with Gasteiger partial charge in [0.1, 0.15) is 5.75 Å². The Hall–Kier alpha value is -2.04. The summed E-state index contributed by atoms with van der Waals surface area (Å²) in [5.41, 5.74) is 1.63. The lowest BCUT2D eigenvalue weighted by Gasteiger charge is -2.34. The molecule has 2 heterocycles. The molecule has 1 atom stereocenters. The third-order valence-electron chi connectivity index (χ3n) is 5.18. The molecule has 0 aromatic heterocycles. The molecule has 0 aliphatic carbocycles. The number of methoxy groups -OCH3 is 2. The van der Waals surface area contributed by atoms with Crippen molar-refractivity contribution in [3.05, 3.63) is 59.0 Å². The van der Waals surface area contributed by atoms with Gasteiger partial charge in [-0.3, -0.25) is 4.79 Å². The number of carbonyl (C=O) groups excluding carboxylic acids is 3. The molecule has 7 nitrogen and oxygen atoms in total. The Balaban J connectivity index is 2.27. The fourth-order valence-corrected chi connectivity index (χ4v) is 5.60. The van der Waals surface area contributed by atoms with Crippen LogP contribution >= 0.6 is 43.6 Å². The van der Waals surface area contributed by atoms with Gasteiger partial charge in [0.05, 0.1) is 40.4 Å². The fraction of sp³-hybridized carbons (Fsp3) is 0.286. The first-order valence-electron chi connectivity index (χ1n) is 9.03. The Kier molecular flexibility index (Phi) is 6.73. The molecule has 0 fully saturated rings. The zero-order chi connectivity index (χ0) is 23.2. The minimum Gasteiger partial charge on any atom is -0.506 e. The van der Waals surface area contributed by atoms with Crippen molar-refractivity contribution in [3.63, 3.8) is 0 Å². The maximum Gasteiger partial charge on any atom is 0.336 e. The van der Waals surface area contributed by atoms with Crippen LogP contribution in [-0.4, -0.2) is 48.0 Å². The van der Waals surface area contributed by atoms with E-state index in [0.29, 0.717) is 19.7 Å². The Morgan fingerprint density at radius 1 is 1.13 bits per heavy atom. The molecule has 31 heavy (non-hydrogen) atoms. The van der Waals surface area contributed by atoms with Gasteiger partial charge in [0, 0.05) is 15.1 Å². The highest BCUT2D eigenvalue weighted by molar-refractivity contribution is 9.11. The van der Waals surface area contributed by atoms with Crippen LogP contribution < -0.4 is 0 Å². The molecule has 1 aromatic carbocycles. The highest BCUT2D eigenvalue weighted by atomic mass is 79.9. The van der Waals surface area contributed by atoms with E-state index in [1.54, 1.807) is 18.7 Å². The molecule has 10 heteroatoms. The van der Waals surface area contributed by atoms with Crippen molar-refractivity contribution in [2.24, 2.45) is 0 Å². The number of aromatic hydroxyl groups is 1. The van der Waals surface area contributed by atoms with E-state index in [-0.39, 0.29) is 22.5 Å². The number of benzene rings is 1. The summed E-state index contributed by atoms with van der Waals surface area (Å²) in [7, 11) is 2.43. The zero-order valence-electron chi connectivity index (χ0n) is 17.3. The largest absolute Gasteiger partial charge is 0.506 e. The summed E-state index contributed by atoms with van der Waals surface area (Å²) in [5.74, 6) is -2.12. The smallest absolute Gasteiger partial charge is 0.336 e. The minimum atomic E-state index is -1.08. The number of carbonyl (C=O) groups is 3. The zero-order valence-corrected chi connectivity index (χ0v) is 21.3. The van der Waals surface area contributed by atoms with Gasteiger partial charge >= 0.3 is 11.9 Å². The van der Waals surface area contributed by atoms with Gasteiger partial charge in [0.2, 0.25) is 0 Å². The van der Waals surface area contributed by atoms with Crippen molar-refractivity contribution in [1.29, 1.82) is 0 Å². The van der Waals surface area contributed by atoms with Gasteiger partial charge in [-0.2, -0.15) is 0 Å². The number of hydrogen-bond donors (Lipinski definition) is 1. The molecule has 0 bridgehead atoms. The second-order valence-corrected chi connectivity index (χ2v) is 9.72. The number of phenols is 1. The summed E-state index contributed by atoms with van der Waals surface area (Å²) in [6.45, 7) is 5.44. The molecular formula is C21H19Br2NO6S. The standard InChI is InChI=1S/C21H19Br2NO6S/c1-8-14(22)7-12(18(26)15(8)23)17(25)13-6-11(20(27)29-4)16(21(28)30-5)24-9(2)10(3)31-19(13)24/h6-7,16,26H,1-5H3. The number of nitrogens with zero attached hydrogens (tertiary/aromatic N) is 1. The predicted octanol–water partition coefficient (Wildman–Crippen LogP) is 4.57. The number of allylic oxidation sites excluding steroid dienone is 4. The number of halogens is 2.